The van der Waals surface area contributed by atoms with E-state index in [4.69, 9.17) is 5.73 Å². The van der Waals surface area contributed by atoms with Crippen molar-refractivity contribution in [3.8, 4) is 0 Å². The zero-order valence-electron chi connectivity index (χ0n) is 12.8. The summed E-state index contributed by atoms with van der Waals surface area (Å²) in [5, 5.41) is 0. The van der Waals surface area contributed by atoms with Crippen molar-refractivity contribution in [2.75, 3.05) is 0 Å². The van der Waals surface area contributed by atoms with Crippen molar-refractivity contribution in [3.05, 3.63) is 36.3 Å². The third-order valence-corrected chi connectivity index (χ3v) is 4.05. The van der Waals surface area contributed by atoms with Crippen molar-refractivity contribution in [2.24, 2.45) is 5.73 Å². The first-order chi connectivity index (χ1) is 9.88. The quantitative estimate of drug-likeness (QED) is 0.873. The molecular weight excluding hydrogens is 264 g/mol. The predicted octanol–water partition coefficient (Wildman–Crippen LogP) is 2.12. The molecule has 1 fully saturated rings. The van der Waals surface area contributed by atoms with Gasteiger partial charge in [0.25, 0.3) is 0 Å². The number of carbonyl (C=O) groups excluding carboxylic acids is 1. The molecule has 1 amide bonds. The molecule has 2 aromatic rings. The van der Waals surface area contributed by atoms with Crippen molar-refractivity contribution < 1.29 is 4.79 Å². The number of rotatable bonds is 1. The summed E-state index contributed by atoms with van der Waals surface area (Å²) >= 11 is 0. The van der Waals surface area contributed by atoms with E-state index in [1.54, 1.807) is 0 Å². The summed E-state index contributed by atoms with van der Waals surface area (Å²) in [4.78, 5) is 19.0. The first-order valence-electron chi connectivity index (χ1n) is 7.39. The van der Waals surface area contributed by atoms with Gasteiger partial charge in [-0.3, -0.25) is 4.79 Å². The topological polar surface area (TPSA) is 63.6 Å². The number of nitrogens with two attached hydrogens (primary N) is 1. The van der Waals surface area contributed by atoms with E-state index >= 15 is 0 Å². The summed E-state index contributed by atoms with van der Waals surface area (Å²) in [6.45, 7) is 6.14. The van der Waals surface area contributed by atoms with Crippen LogP contribution in [-0.2, 0) is 4.79 Å². The molecule has 5 nitrogen and oxygen atoms in total. The molecule has 1 aliphatic rings. The first kappa shape index (κ1) is 14.1. The van der Waals surface area contributed by atoms with Gasteiger partial charge in [0.1, 0.15) is 5.65 Å². The van der Waals surface area contributed by atoms with Gasteiger partial charge in [-0.05, 0) is 39.3 Å². The van der Waals surface area contributed by atoms with Gasteiger partial charge in [0.15, 0.2) is 0 Å². The largest absolute Gasteiger partial charge is 0.328 e. The Hall–Kier alpha value is -1.88. The maximum absolute atomic E-state index is 12.4. The second-order valence-electron chi connectivity index (χ2n) is 6.71. The number of hydrogen-bond donors (Lipinski definition) is 1. The molecule has 0 saturated carbocycles. The lowest BCUT2D eigenvalue weighted by Crippen LogP contribution is -2.56. The maximum atomic E-state index is 12.4. The Morgan fingerprint density at radius 1 is 1.33 bits per heavy atom. The summed E-state index contributed by atoms with van der Waals surface area (Å²) in [6, 6.07) is 5.64. The average Bonchev–Trinajstić information content (AvgIpc) is 2.83. The summed E-state index contributed by atoms with van der Waals surface area (Å²) in [5.74, 6) is 0.159. The van der Waals surface area contributed by atoms with Crippen molar-refractivity contribution in [2.45, 2.75) is 51.2 Å². The first-order valence-corrected chi connectivity index (χ1v) is 7.39. The van der Waals surface area contributed by atoms with Crippen LogP contribution in [0.25, 0.3) is 5.65 Å². The van der Waals surface area contributed by atoms with Crippen LogP contribution in [0.1, 0.15) is 45.3 Å². The van der Waals surface area contributed by atoms with Crippen molar-refractivity contribution in [3.63, 3.8) is 0 Å². The van der Waals surface area contributed by atoms with Crippen molar-refractivity contribution in [1.29, 1.82) is 0 Å². The number of aromatic nitrogens is 2. The molecule has 2 N–H and O–H groups in total. The SMILES string of the molecule is CC(C)(C)N1C(=O)CCC(N)C1c1cn2ccccc2n1. The highest BCUT2D eigenvalue weighted by molar-refractivity contribution is 5.78. The van der Waals surface area contributed by atoms with Crippen LogP contribution in [-0.4, -0.2) is 31.8 Å². The molecular formula is C16H22N4O. The molecule has 21 heavy (non-hydrogen) atoms. The summed E-state index contributed by atoms with van der Waals surface area (Å²) in [6.07, 6.45) is 5.17. The Morgan fingerprint density at radius 3 is 2.76 bits per heavy atom. The predicted molar refractivity (Wildman–Crippen MR) is 81.7 cm³/mol. The van der Waals surface area contributed by atoms with Gasteiger partial charge >= 0.3 is 0 Å². The van der Waals surface area contributed by atoms with Crippen LogP contribution in [0.4, 0.5) is 0 Å². The Balaban J connectivity index is 2.08. The number of piperidine rings is 1. The normalized spacial score (nSPS) is 23.8. The molecule has 2 atom stereocenters. The minimum Gasteiger partial charge on any atom is -0.328 e. The number of carbonyl (C=O) groups is 1. The van der Waals surface area contributed by atoms with E-state index in [0.717, 1.165) is 11.3 Å². The van der Waals surface area contributed by atoms with Crippen LogP contribution >= 0.6 is 0 Å². The standard InChI is InChI=1S/C16H22N4O/c1-16(2,3)20-14(21)8-7-11(17)15(20)12-10-19-9-5-4-6-13(19)18-12/h4-6,9-11,15H,7-8,17H2,1-3H3. The van der Waals surface area contributed by atoms with Gasteiger partial charge < -0.3 is 15.0 Å². The van der Waals surface area contributed by atoms with Gasteiger partial charge in [0.05, 0.1) is 11.7 Å². The fraction of sp³-hybridized carbons (Fsp3) is 0.500. The van der Waals surface area contributed by atoms with E-state index in [0.29, 0.717) is 12.8 Å². The number of imidazole rings is 1. The second kappa shape index (κ2) is 4.84. The lowest BCUT2D eigenvalue weighted by molar-refractivity contribution is -0.144. The zero-order valence-corrected chi connectivity index (χ0v) is 12.8. The highest BCUT2D eigenvalue weighted by atomic mass is 16.2. The number of hydrogen-bond acceptors (Lipinski definition) is 3. The molecule has 0 aromatic carbocycles. The molecule has 0 radical (unpaired) electrons. The molecule has 3 heterocycles. The lowest BCUT2D eigenvalue weighted by atomic mass is 9.89. The molecule has 1 aliphatic heterocycles. The van der Waals surface area contributed by atoms with Gasteiger partial charge in [-0.15, -0.1) is 0 Å². The van der Waals surface area contributed by atoms with E-state index in [2.05, 4.69) is 4.98 Å². The highest BCUT2D eigenvalue weighted by Gasteiger charge is 2.41. The summed E-state index contributed by atoms with van der Waals surface area (Å²) in [5.41, 5.74) is 7.82. The molecule has 112 valence electrons. The summed E-state index contributed by atoms with van der Waals surface area (Å²) < 4.78 is 1.97. The highest BCUT2D eigenvalue weighted by Crippen LogP contribution is 2.35. The Morgan fingerprint density at radius 2 is 2.10 bits per heavy atom. The van der Waals surface area contributed by atoms with Crippen LogP contribution in [0, 0.1) is 0 Å². The van der Waals surface area contributed by atoms with Crippen LogP contribution in [0.3, 0.4) is 0 Å². The monoisotopic (exact) mass is 286 g/mol. The second-order valence-corrected chi connectivity index (χ2v) is 6.71. The Kier molecular flexibility index (Phi) is 3.24. The fourth-order valence-corrected chi connectivity index (χ4v) is 3.15. The van der Waals surface area contributed by atoms with Crippen molar-refractivity contribution >= 4 is 11.6 Å². The van der Waals surface area contributed by atoms with E-state index in [1.807, 2.05) is 60.7 Å². The maximum Gasteiger partial charge on any atom is 0.223 e. The van der Waals surface area contributed by atoms with E-state index < -0.39 is 0 Å². The Labute approximate surface area is 124 Å². The van der Waals surface area contributed by atoms with Crippen LogP contribution in [0.5, 0.6) is 0 Å². The van der Waals surface area contributed by atoms with Gasteiger partial charge in [0.2, 0.25) is 5.91 Å². The third kappa shape index (κ3) is 2.42. The van der Waals surface area contributed by atoms with Gasteiger partial charge in [-0.1, -0.05) is 6.07 Å². The van der Waals surface area contributed by atoms with Crippen LogP contribution in [0.15, 0.2) is 30.6 Å². The zero-order chi connectivity index (χ0) is 15.2. The summed E-state index contributed by atoms with van der Waals surface area (Å²) in [7, 11) is 0. The number of likely N-dealkylation sites (tertiary alicyclic amines) is 1. The van der Waals surface area contributed by atoms with Crippen LogP contribution < -0.4 is 5.73 Å². The molecule has 0 spiro atoms. The number of pyridine rings is 1. The van der Waals surface area contributed by atoms with E-state index in [-0.39, 0.29) is 23.5 Å². The third-order valence-electron chi connectivity index (χ3n) is 4.05. The molecule has 5 heteroatoms. The van der Waals surface area contributed by atoms with Gasteiger partial charge in [-0.25, -0.2) is 4.98 Å². The molecule has 2 aromatic heterocycles. The lowest BCUT2D eigenvalue weighted by Gasteiger charge is -2.46. The number of amides is 1. The average molecular weight is 286 g/mol. The molecule has 3 rings (SSSR count). The van der Waals surface area contributed by atoms with Gasteiger partial charge in [-0.2, -0.15) is 0 Å². The number of fused-ring (bicyclic) bond motifs is 1. The molecule has 0 bridgehead atoms. The van der Waals surface area contributed by atoms with E-state index in [1.165, 1.54) is 0 Å². The Bertz CT molecular complexity index is 637. The van der Waals surface area contributed by atoms with E-state index in [9.17, 15) is 4.79 Å². The van der Waals surface area contributed by atoms with Crippen LogP contribution in [0.2, 0.25) is 0 Å². The minimum atomic E-state index is -0.268. The fourth-order valence-electron chi connectivity index (χ4n) is 3.15. The van der Waals surface area contributed by atoms with Crippen molar-refractivity contribution in [1.82, 2.24) is 14.3 Å². The number of nitrogens with zero attached hydrogens (tertiary/aromatic N) is 3. The van der Waals surface area contributed by atoms with Gasteiger partial charge in [0, 0.05) is 30.4 Å². The minimum absolute atomic E-state index is 0.0770. The molecule has 1 saturated heterocycles. The smallest absolute Gasteiger partial charge is 0.223 e. The molecule has 2 unspecified atom stereocenters. The molecule has 0 aliphatic carbocycles.